The van der Waals surface area contributed by atoms with Gasteiger partial charge in [0.05, 0.1) is 6.54 Å². The molecule has 0 fully saturated rings. The quantitative estimate of drug-likeness (QED) is 0.502. The van der Waals surface area contributed by atoms with Gasteiger partial charge >= 0.3 is 11.7 Å². The number of hydrogen-bond donors (Lipinski definition) is 0. The summed E-state index contributed by atoms with van der Waals surface area (Å²) in [6, 6.07) is 13.4. The van der Waals surface area contributed by atoms with Crippen molar-refractivity contribution in [2.24, 2.45) is 14.1 Å². The Morgan fingerprint density at radius 1 is 1.00 bits per heavy atom. The smallest absolute Gasteiger partial charge is 0.332 e. The zero-order valence-electron chi connectivity index (χ0n) is 17.1. The Bertz CT molecular complexity index is 1380. The number of halogens is 1. The summed E-state index contributed by atoms with van der Waals surface area (Å²) in [6.07, 6.45) is 0. The van der Waals surface area contributed by atoms with Crippen molar-refractivity contribution in [1.29, 1.82) is 0 Å². The average Bonchev–Trinajstić information content (AvgIpc) is 3.07. The second kappa shape index (κ2) is 7.50. The highest BCUT2D eigenvalue weighted by atomic mass is 35.5. The zero-order chi connectivity index (χ0) is 21.6. The summed E-state index contributed by atoms with van der Waals surface area (Å²) in [6.45, 7) is 4.25. The fraction of sp³-hybridized carbons (Fsp3) is 0.227. The highest BCUT2D eigenvalue weighted by molar-refractivity contribution is 6.30. The van der Waals surface area contributed by atoms with Crippen LogP contribution in [0, 0.1) is 13.8 Å². The third-order valence-electron chi connectivity index (χ3n) is 5.11. The van der Waals surface area contributed by atoms with Crippen molar-refractivity contribution in [1.82, 2.24) is 18.7 Å². The fourth-order valence-corrected chi connectivity index (χ4v) is 3.47. The highest BCUT2D eigenvalue weighted by Gasteiger charge is 2.21. The number of hydrogen-bond acceptors (Lipinski definition) is 4. The van der Waals surface area contributed by atoms with E-state index in [1.165, 1.54) is 11.6 Å². The molecule has 7 nitrogen and oxygen atoms in total. The molecule has 0 saturated heterocycles. The van der Waals surface area contributed by atoms with E-state index in [2.05, 4.69) is 4.98 Å². The van der Waals surface area contributed by atoms with Crippen LogP contribution in [0.4, 0.5) is 0 Å². The number of nitrogens with zero attached hydrogens (tertiary/aromatic N) is 4. The molecule has 0 N–H and O–H groups in total. The predicted molar refractivity (Wildman–Crippen MR) is 117 cm³/mol. The lowest BCUT2D eigenvalue weighted by molar-refractivity contribution is 0.418. The molecule has 0 saturated carbocycles. The summed E-state index contributed by atoms with van der Waals surface area (Å²) >= 11 is 6.01. The Morgan fingerprint density at radius 2 is 1.70 bits per heavy atom. The minimum atomic E-state index is -0.443. The molecule has 2 aromatic heterocycles. The van der Waals surface area contributed by atoms with Crippen molar-refractivity contribution < 1.29 is 4.74 Å². The lowest BCUT2D eigenvalue weighted by Gasteiger charge is -2.12. The monoisotopic (exact) mass is 424 g/mol. The lowest BCUT2D eigenvalue weighted by atomic mass is 10.1. The standard InChI is InChI=1S/C22H21ClN4O3/c1-13-5-6-14(2)17(11-13)30-21-24-19-18(20(28)26(4)22(29)25(19)3)27(21)12-15-7-9-16(23)10-8-15/h5-11H,12H2,1-4H3. The van der Waals surface area contributed by atoms with Crippen molar-refractivity contribution in [3.05, 3.63) is 85.0 Å². The van der Waals surface area contributed by atoms with E-state index in [1.807, 2.05) is 44.2 Å². The van der Waals surface area contributed by atoms with Gasteiger partial charge in [-0.1, -0.05) is 35.9 Å². The van der Waals surface area contributed by atoms with Gasteiger partial charge in [0.15, 0.2) is 11.2 Å². The highest BCUT2D eigenvalue weighted by Crippen LogP contribution is 2.28. The molecule has 0 aliphatic heterocycles. The van der Waals surface area contributed by atoms with Crippen LogP contribution in [0.2, 0.25) is 5.02 Å². The first kappa shape index (κ1) is 20.0. The Labute approximate surface area is 177 Å². The summed E-state index contributed by atoms with van der Waals surface area (Å²) in [5, 5.41) is 0.624. The lowest BCUT2D eigenvalue weighted by Crippen LogP contribution is -2.37. The minimum Gasteiger partial charge on any atom is -0.425 e. The molecule has 0 spiro atoms. The van der Waals surface area contributed by atoms with Crippen LogP contribution in [0.15, 0.2) is 52.1 Å². The zero-order valence-corrected chi connectivity index (χ0v) is 17.9. The molecule has 154 valence electrons. The summed E-state index contributed by atoms with van der Waals surface area (Å²) in [7, 11) is 3.04. The van der Waals surface area contributed by atoms with Gasteiger partial charge in [0.2, 0.25) is 0 Å². The van der Waals surface area contributed by atoms with E-state index in [4.69, 9.17) is 16.3 Å². The molecule has 0 amide bonds. The summed E-state index contributed by atoms with van der Waals surface area (Å²) < 4.78 is 10.3. The maximum Gasteiger partial charge on any atom is 0.332 e. The van der Waals surface area contributed by atoms with E-state index in [-0.39, 0.29) is 11.7 Å². The van der Waals surface area contributed by atoms with Gasteiger partial charge < -0.3 is 4.74 Å². The van der Waals surface area contributed by atoms with Crippen molar-refractivity contribution in [3.63, 3.8) is 0 Å². The Morgan fingerprint density at radius 3 is 2.40 bits per heavy atom. The molecule has 0 aliphatic rings. The molecule has 2 heterocycles. The molecule has 0 atom stereocenters. The van der Waals surface area contributed by atoms with Crippen LogP contribution in [0.5, 0.6) is 11.8 Å². The SMILES string of the molecule is Cc1ccc(C)c(Oc2nc3c(c(=O)n(C)c(=O)n3C)n2Cc2ccc(Cl)cc2)c1. The summed E-state index contributed by atoms with van der Waals surface area (Å²) in [5.74, 6) is 0.643. The van der Waals surface area contributed by atoms with Crippen LogP contribution >= 0.6 is 11.6 Å². The number of imidazole rings is 1. The Kier molecular flexibility index (Phi) is 4.99. The molecule has 0 aliphatic carbocycles. The molecular formula is C22H21ClN4O3. The van der Waals surface area contributed by atoms with E-state index >= 15 is 0 Å². The average molecular weight is 425 g/mol. The van der Waals surface area contributed by atoms with Crippen LogP contribution in [0.25, 0.3) is 11.2 Å². The first-order chi connectivity index (χ1) is 14.3. The molecule has 2 aromatic carbocycles. The van der Waals surface area contributed by atoms with Crippen LogP contribution < -0.4 is 16.0 Å². The maximum atomic E-state index is 13.0. The summed E-state index contributed by atoms with van der Waals surface area (Å²) in [5.41, 5.74) is 2.60. The topological polar surface area (TPSA) is 71.1 Å². The summed E-state index contributed by atoms with van der Waals surface area (Å²) in [4.78, 5) is 29.9. The van der Waals surface area contributed by atoms with E-state index in [9.17, 15) is 9.59 Å². The van der Waals surface area contributed by atoms with Crippen molar-refractivity contribution in [2.75, 3.05) is 0 Å². The van der Waals surface area contributed by atoms with Crippen LogP contribution in [-0.4, -0.2) is 18.7 Å². The minimum absolute atomic E-state index is 0.243. The van der Waals surface area contributed by atoms with E-state index in [0.29, 0.717) is 22.8 Å². The van der Waals surface area contributed by atoms with Gasteiger partial charge in [0, 0.05) is 19.1 Å². The number of fused-ring (bicyclic) bond motifs is 1. The molecule has 8 heteroatoms. The maximum absolute atomic E-state index is 13.0. The second-order valence-corrected chi connectivity index (χ2v) is 7.79. The normalized spacial score (nSPS) is 11.2. The molecule has 30 heavy (non-hydrogen) atoms. The molecule has 4 rings (SSSR count). The first-order valence-corrected chi connectivity index (χ1v) is 9.80. The van der Waals surface area contributed by atoms with E-state index in [0.717, 1.165) is 21.3 Å². The fourth-order valence-electron chi connectivity index (χ4n) is 3.34. The predicted octanol–water partition coefficient (Wildman–Crippen LogP) is 3.54. The van der Waals surface area contributed by atoms with Gasteiger partial charge in [0.25, 0.3) is 5.56 Å². The number of aryl methyl sites for hydroxylation is 3. The molecule has 0 unspecified atom stereocenters. The van der Waals surface area contributed by atoms with Crippen LogP contribution in [0.1, 0.15) is 16.7 Å². The molecule has 0 radical (unpaired) electrons. The Hall–Kier alpha value is -3.32. The number of ether oxygens (including phenoxy) is 1. The van der Waals surface area contributed by atoms with Gasteiger partial charge in [-0.3, -0.25) is 18.5 Å². The van der Waals surface area contributed by atoms with Gasteiger partial charge in [-0.05, 0) is 48.7 Å². The Balaban J connectivity index is 1.96. The van der Waals surface area contributed by atoms with Gasteiger partial charge in [0.1, 0.15) is 5.75 Å². The number of rotatable bonds is 4. The molecule has 0 bridgehead atoms. The van der Waals surface area contributed by atoms with Gasteiger partial charge in [-0.2, -0.15) is 4.98 Å². The first-order valence-electron chi connectivity index (χ1n) is 9.42. The van der Waals surface area contributed by atoms with Crippen molar-refractivity contribution >= 4 is 22.8 Å². The van der Waals surface area contributed by atoms with Gasteiger partial charge in [-0.15, -0.1) is 0 Å². The third kappa shape index (κ3) is 3.41. The molecule has 4 aromatic rings. The van der Waals surface area contributed by atoms with E-state index < -0.39 is 11.2 Å². The second-order valence-electron chi connectivity index (χ2n) is 7.36. The van der Waals surface area contributed by atoms with Crippen molar-refractivity contribution in [2.45, 2.75) is 20.4 Å². The molecular weight excluding hydrogens is 404 g/mol. The number of benzene rings is 2. The van der Waals surface area contributed by atoms with Crippen LogP contribution in [-0.2, 0) is 20.6 Å². The number of aromatic nitrogens is 4. The van der Waals surface area contributed by atoms with Gasteiger partial charge in [-0.25, -0.2) is 4.79 Å². The van der Waals surface area contributed by atoms with Crippen molar-refractivity contribution in [3.8, 4) is 11.8 Å². The van der Waals surface area contributed by atoms with E-state index in [1.54, 1.807) is 23.7 Å². The largest absolute Gasteiger partial charge is 0.425 e. The third-order valence-corrected chi connectivity index (χ3v) is 5.36. The van der Waals surface area contributed by atoms with Crippen LogP contribution in [0.3, 0.4) is 0 Å².